The van der Waals surface area contributed by atoms with Crippen molar-refractivity contribution in [2.24, 2.45) is 27.8 Å². The van der Waals surface area contributed by atoms with Crippen LogP contribution in [0, 0.1) is 29.6 Å². The Hall–Kier alpha value is -3.79. The number of likely N-dealkylation sites (tertiary alicyclic amines) is 1. The van der Waals surface area contributed by atoms with Gasteiger partial charge in [-0.2, -0.15) is 16.8 Å². The Balaban J connectivity index is 0.000000611. The summed E-state index contributed by atoms with van der Waals surface area (Å²) in [5.41, 5.74) is -3.31. The Bertz CT molecular complexity index is 2280. The quantitative estimate of drug-likeness (QED) is 0.183. The van der Waals surface area contributed by atoms with Crippen LogP contribution < -0.4 is 14.6 Å². The number of rotatable bonds is 19. The van der Waals surface area contributed by atoms with E-state index in [1.165, 1.54) is 19.1 Å². The molecule has 18 nitrogen and oxygen atoms in total. The Labute approximate surface area is 377 Å². The molecule has 64 heavy (non-hydrogen) atoms. The van der Waals surface area contributed by atoms with Gasteiger partial charge in [0.25, 0.3) is 0 Å². The van der Waals surface area contributed by atoms with Gasteiger partial charge in [0.1, 0.15) is 22.9 Å². The maximum Gasteiger partial charge on any atom is 0.362 e. The van der Waals surface area contributed by atoms with Crippen molar-refractivity contribution in [1.82, 2.24) is 14.6 Å². The Morgan fingerprint density at radius 3 is 2.06 bits per heavy atom. The van der Waals surface area contributed by atoms with Gasteiger partial charge < -0.3 is 23.8 Å². The predicted molar refractivity (Wildman–Crippen MR) is 235 cm³/mol. The number of benzene rings is 1. The highest BCUT2D eigenvalue weighted by Gasteiger charge is 2.62. The standard InChI is InChI=1S/C39H55N3O10S.C5H11NO4S/c1-10-26-20-39(26,35(46)41-53(47,48)52-38(14-15-38)23-49-9)21-31(43)30-18-27(50-33-28-12-11-24(2)17-25(28)13-16-40-33)22-42(30)34(45)29(36(3,4)5)19-32(44)51-37(6,7)8;1-9-4-5(2-3-5)10-11(6,7)8/h11-13,16-17,26-27,29-30H,10,14-15,18-23H2,1-9H3,(H,41,46);2-4H2,1H3,(H2,6,7,8)/t26-,27-,29-,30+,39-;/m1./s1. The van der Waals surface area contributed by atoms with Gasteiger partial charge in [0.05, 0.1) is 43.6 Å². The first kappa shape index (κ1) is 51.2. The number of methoxy groups -OCH3 is 2. The second-order valence-electron chi connectivity index (χ2n) is 19.9. The van der Waals surface area contributed by atoms with Crippen molar-refractivity contribution >= 4 is 54.9 Å². The molecule has 3 aliphatic carbocycles. The SMILES string of the molecule is CC[C@@H]1C[C@]1(CC(=O)[C@@H]1C[C@@H](Oc2nccc3cc(C)ccc23)CN1C(=O)[C@@H](CC(=O)OC(C)(C)C)C(C)(C)C)C(=O)NS(=O)(=O)OC1(COC)CC1.COCC1(OS(N)(=O)=O)CC1. The number of Topliss-reactive ketones (excluding diaryl/α,β-unsaturated/α-hetero) is 1. The lowest BCUT2D eigenvalue weighted by atomic mass is 9.77. The van der Waals surface area contributed by atoms with Crippen molar-refractivity contribution in [3.8, 4) is 5.88 Å². The molecule has 20 heteroatoms. The maximum atomic E-state index is 14.6. The summed E-state index contributed by atoms with van der Waals surface area (Å²) >= 11 is 0. The molecule has 1 saturated heterocycles. The Morgan fingerprint density at radius 2 is 1.55 bits per heavy atom. The highest BCUT2D eigenvalue weighted by Crippen LogP contribution is 2.58. The van der Waals surface area contributed by atoms with Crippen molar-refractivity contribution in [1.29, 1.82) is 0 Å². The zero-order valence-corrected chi connectivity index (χ0v) is 40.3. The summed E-state index contributed by atoms with van der Waals surface area (Å²) in [7, 11) is -5.38. The number of fused-ring (bicyclic) bond motifs is 1. The molecule has 0 radical (unpaired) electrons. The van der Waals surface area contributed by atoms with Crippen LogP contribution in [0.2, 0.25) is 0 Å². The first-order valence-electron chi connectivity index (χ1n) is 21.6. The summed E-state index contributed by atoms with van der Waals surface area (Å²) in [6.07, 6.45) is 3.84. The van der Waals surface area contributed by atoms with Crippen LogP contribution in [0.5, 0.6) is 5.88 Å². The number of nitrogens with two attached hydrogens (primary N) is 1. The summed E-state index contributed by atoms with van der Waals surface area (Å²) in [6.45, 7) is 15.1. The summed E-state index contributed by atoms with van der Waals surface area (Å²) in [6, 6.07) is 6.77. The number of ketones is 1. The van der Waals surface area contributed by atoms with Gasteiger partial charge in [-0.05, 0) is 88.7 Å². The minimum atomic E-state index is -4.49. The van der Waals surface area contributed by atoms with Gasteiger partial charge >= 0.3 is 26.6 Å². The van der Waals surface area contributed by atoms with E-state index in [2.05, 4.69) is 19.0 Å². The lowest BCUT2D eigenvalue weighted by Crippen LogP contribution is -2.49. The highest BCUT2D eigenvalue weighted by atomic mass is 32.2. The zero-order valence-electron chi connectivity index (χ0n) is 38.7. The predicted octanol–water partition coefficient (Wildman–Crippen LogP) is 4.60. The molecule has 5 atom stereocenters. The van der Waals surface area contributed by atoms with E-state index in [1.54, 1.807) is 27.0 Å². The number of aromatic nitrogens is 1. The summed E-state index contributed by atoms with van der Waals surface area (Å²) in [4.78, 5) is 61.8. The highest BCUT2D eigenvalue weighted by molar-refractivity contribution is 7.85. The molecule has 1 aromatic carbocycles. The molecule has 4 fully saturated rings. The monoisotopic (exact) mass is 938 g/mol. The number of carbonyl (C=O) groups is 4. The van der Waals surface area contributed by atoms with E-state index in [0.29, 0.717) is 44.4 Å². The topological polar surface area (TPSA) is 246 Å². The van der Waals surface area contributed by atoms with Crippen molar-refractivity contribution in [2.45, 2.75) is 142 Å². The fourth-order valence-electron chi connectivity index (χ4n) is 8.41. The van der Waals surface area contributed by atoms with Crippen LogP contribution in [-0.2, 0) is 62.4 Å². The van der Waals surface area contributed by atoms with Gasteiger partial charge in [-0.25, -0.2) is 23.2 Å². The van der Waals surface area contributed by atoms with Gasteiger partial charge in [0.2, 0.25) is 17.7 Å². The second kappa shape index (κ2) is 19.2. The van der Waals surface area contributed by atoms with Crippen LogP contribution in [-0.4, -0.2) is 113 Å². The molecule has 358 valence electrons. The number of hydrogen-bond donors (Lipinski definition) is 2. The third-order valence-corrected chi connectivity index (χ3v) is 13.7. The average molecular weight is 939 g/mol. The fourth-order valence-corrected chi connectivity index (χ4v) is 10.3. The van der Waals surface area contributed by atoms with Crippen molar-refractivity contribution in [3.05, 3.63) is 36.0 Å². The third-order valence-electron chi connectivity index (χ3n) is 12.1. The molecule has 1 aromatic heterocycles. The molecule has 6 rings (SSSR count). The van der Waals surface area contributed by atoms with Crippen molar-refractivity contribution in [2.75, 3.05) is 34.0 Å². The van der Waals surface area contributed by atoms with Gasteiger partial charge in [-0.15, -0.1) is 0 Å². The minimum absolute atomic E-state index is 0.0419. The van der Waals surface area contributed by atoms with E-state index in [4.69, 9.17) is 23.1 Å². The van der Waals surface area contributed by atoms with Gasteiger partial charge in [-0.3, -0.25) is 19.2 Å². The van der Waals surface area contributed by atoms with E-state index in [1.807, 2.05) is 58.9 Å². The average Bonchev–Trinajstić information content (AvgIpc) is 4.12. The first-order chi connectivity index (χ1) is 29.6. The van der Waals surface area contributed by atoms with Crippen LogP contribution in [0.4, 0.5) is 0 Å². The molecule has 0 spiro atoms. The molecule has 3 saturated carbocycles. The number of nitrogens with one attached hydrogen (secondary N) is 1. The third kappa shape index (κ3) is 13.4. The van der Waals surface area contributed by atoms with E-state index >= 15 is 0 Å². The molecular weight excluding hydrogens is 873 g/mol. The Morgan fingerprint density at radius 1 is 0.938 bits per heavy atom. The number of nitrogens with zero attached hydrogens (tertiary/aromatic N) is 2. The smallest absolute Gasteiger partial charge is 0.362 e. The molecule has 3 N–H and O–H groups in total. The summed E-state index contributed by atoms with van der Waals surface area (Å²) in [5, 5.41) is 6.40. The number of carbonyl (C=O) groups excluding carboxylic acids is 4. The van der Waals surface area contributed by atoms with E-state index in [-0.39, 0.29) is 44.9 Å². The maximum absolute atomic E-state index is 14.6. The molecule has 0 unspecified atom stereocenters. The summed E-state index contributed by atoms with van der Waals surface area (Å²) < 4.78 is 80.8. The summed E-state index contributed by atoms with van der Waals surface area (Å²) in [5.74, 6) is -2.84. The first-order valence-corrected chi connectivity index (χ1v) is 24.5. The fraction of sp³-hybridized carbons (Fsp3) is 0.705. The van der Waals surface area contributed by atoms with Crippen LogP contribution in [0.15, 0.2) is 30.5 Å². The van der Waals surface area contributed by atoms with Crippen molar-refractivity contribution in [3.63, 3.8) is 0 Å². The van der Waals surface area contributed by atoms with Crippen LogP contribution >= 0.6 is 0 Å². The number of esters is 1. The molecule has 1 aliphatic heterocycles. The second-order valence-corrected chi connectivity index (χ2v) is 22.3. The normalized spacial score (nSPS) is 23.9. The lowest BCUT2D eigenvalue weighted by molar-refractivity contribution is -0.161. The van der Waals surface area contributed by atoms with Gasteiger partial charge in [0, 0.05) is 38.6 Å². The van der Waals surface area contributed by atoms with Crippen molar-refractivity contribution < 1.29 is 63.3 Å². The lowest BCUT2D eigenvalue weighted by Gasteiger charge is -2.35. The van der Waals surface area contributed by atoms with Gasteiger partial charge in [-0.1, -0.05) is 51.8 Å². The molecule has 4 aliphatic rings. The van der Waals surface area contributed by atoms with E-state index in [9.17, 15) is 36.0 Å². The van der Waals surface area contributed by atoms with E-state index < -0.39 is 89.9 Å². The Kier molecular flexibility index (Phi) is 15.4. The zero-order chi connectivity index (χ0) is 47.7. The van der Waals surface area contributed by atoms with Crippen LogP contribution in [0.25, 0.3) is 10.8 Å². The number of ether oxygens (including phenoxy) is 4. The number of hydrogen-bond acceptors (Lipinski definition) is 15. The molecule has 0 bridgehead atoms. The molecule has 2 aromatic rings. The van der Waals surface area contributed by atoms with Crippen LogP contribution in [0.1, 0.15) is 112 Å². The van der Waals surface area contributed by atoms with Gasteiger partial charge in [0.15, 0.2) is 5.78 Å². The number of aryl methyl sites for hydroxylation is 1. The van der Waals surface area contributed by atoms with Crippen LogP contribution in [0.3, 0.4) is 0 Å². The molecular formula is C44H66N4O14S2. The molecule has 2 amide bonds. The molecule has 2 heterocycles. The number of amides is 2. The largest absolute Gasteiger partial charge is 0.472 e. The van der Waals surface area contributed by atoms with E-state index in [0.717, 1.165) is 16.3 Å². The minimum Gasteiger partial charge on any atom is -0.472 e. The number of pyridine rings is 1.